The van der Waals surface area contributed by atoms with E-state index in [0.29, 0.717) is 25.6 Å². The van der Waals surface area contributed by atoms with Crippen LogP contribution in [0.15, 0.2) is 23.4 Å². The number of ether oxygens (including phenoxy) is 1. The van der Waals surface area contributed by atoms with E-state index in [4.69, 9.17) is 16.3 Å². The number of halogens is 3. The maximum Gasteiger partial charge on any atom is 0.333 e. The summed E-state index contributed by atoms with van der Waals surface area (Å²) in [6.07, 6.45) is 1.67. The molecular weight excluding hydrogens is 392 g/mol. The van der Waals surface area contributed by atoms with Gasteiger partial charge in [0.05, 0.1) is 36.9 Å². The summed E-state index contributed by atoms with van der Waals surface area (Å²) in [5.74, 6) is -0.00938. The number of hydrogen-bond acceptors (Lipinski definition) is 7. The van der Waals surface area contributed by atoms with E-state index in [-0.39, 0.29) is 26.6 Å². The van der Waals surface area contributed by atoms with Gasteiger partial charge in [0.1, 0.15) is 10.7 Å². The first kappa shape index (κ1) is 18.9. The highest BCUT2D eigenvalue weighted by Gasteiger charge is 2.24. The molecule has 0 amide bonds. The Labute approximate surface area is 153 Å². The predicted octanol–water partition coefficient (Wildman–Crippen LogP) is 1.92. The zero-order chi connectivity index (χ0) is 18.9. The quantitative estimate of drug-likeness (QED) is 0.699. The van der Waals surface area contributed by atoms with Crippen LogP contribution in [0.1, 0.15) is 19.2 Å². The van der Waals surface area contributed by atoms with Gasteiger partial charge < -0.3 is 9.64 Å². The molecule has 0 unspecified atom stereocenters. The van der Waals surface area contributed by atoms with Crippen molar-refractivity contribution in [2.45, 2.75) is 30.2 Å². The van der Waals surface area contributed by atoms with Gasteiger partial charge in [0.25, 0.3) is 0 Å². The zero-order valence-electron chi connectivity index (χ0n) is 13.7. The van der Waals surface area contributed by atoms with Crippen LogP contribution in [0.2, 0.25) is 5.28 Å². The molecular formula is C14H16ClF2N5O3S. The van der Waals surface area contributed by atoms with Crippen LogP contribution < -0.4 is 4.90 Å². The summed E-state index contributed by atoms with van der Waals surface area (Å²) in [4.78, 5) is 9.74. The first-order valence-corrected chi connectivity index (χ1v) is 9.72. The summed E-state index contributed by atoms with van der Waals surface area (Å²) in [5, 5.41) is 3.26. The minimum absolute atomic E-state index is 0.0449. The fourth-order valence-electron chi connectivity index (χ4n) is 2.61. The number of aromatic nitrogens is 4. The van der Waals surface area contributed by atoms with Crippen LogP contribution in [0.5, 0.6) is 0 Å². The van der Waals surface area contributed by atoms with Gasteiger partial charge in [-0.1, -0.05) is 0 Å². The van der Waals surface area contributed by atoms with Crippen LogP contribution in [-0.4, -0.2) is 54.0 Å². The van der Waals surface area contributed by atoms with Gasteiger partial charge in [0.2, 0.25) is 5.28 Å². The van der Waals surface area contributed by atoms with Gasteiger partial charge in [-0.3, -0.25) is 0 Å². The predicted molar refractivity (Wildman–Crippen MR) is 89.0 cm³/mol. The number of nitrogens with zero attached hydrogens (tertiary/aromatic N) is 5. The Hall–Kier alpha value is -1.85. The molecule has 8 nitrogen and oxygen atoms in total. The highest BCUT2D eigenvalue weighted by molar-refractivity contribution is 7.90. The lowest BCUT2D eigenvalue weighted by atomic mass is 10.2. The van der Waals surface area contributed by atoms with Crippen LogP contribution >= 0.6 is 11.6 Å². The van der Waals surface area contributed by atoms with E-state index in [1.165, 1.54) is 6.07 Å². The van der Waals surface area contributed by atoms with E-state index in [1.54, 1.807) is 0 Å². The molecule has 26 heavy (non-hydrogen) atoms. The van der Waals surface area contributed by atoms with Gasteiger partial charge in [0, 0.05) is 18.8 Å². The SMILES string of the molecule is C[C@H]1COCCN1c1cc(CS(=O)(=O)c2cnn(C(F)F)c2)nc(Cl)n1. The van der Waals surface area contributed by atoms with Crippen molar-refractivity contribution in [3.63, 3.8) is 0 Å². The molecule has 0 spiro atoms. The second-order valence-electron chi connectivity index (χ2n) is 5.80. The van der Waals surface area contributed by atoms with Crippen LogP contribution in [-0.2, 0) is 20.3 Å². The van der Waals surface area contributed by atoms with Crippen molar-refractivity contribution in [2.24, 2.45) is 0 Å². The normalized spacial score (nSPS) is 18.5. The van der Waals surface area contributed by atoms with Gasteiger partial charge in [-0.25, -0.2) is 23.1 Å². The third-order valence-corrected chi connectivity index (χ3v) is 5.65. The summed E-state index contributed by atoms with van der Waals surface area (Å²) in [6, 6.07) is 1.58. The monoisotopic (exact) mass is 407 g/mol. The molecule has 1 fully saturated rings. The van der Waals surface area contributed by atoms with Gasteiger partial charge in [0.15, 0.2) is 9.84 Å². The van der Waals surface area contributed by atoms with Crippen molar-refractivity contribution < 1.29 is 21.9 Å². The molecule has 1 aliphatic heterocycles. The molecule has 1 atom stereocenters. The smallest absolute Gasteiger partial charge is 0.333 e. The van der Waals surface area contributed by atoms with Crippen molar-refractivity contribution >= 4 is 27.3 Å². The minimum atomic E-state index is -3.91. The third-order valence-electron chi connectivity index (χ3n) is 3.88. The van der Waals surface area contributed by atoms with E-state index >= 15 is 0 Å². The molecule has 12 heteroatoms. The van der Waals surface area contributed by atoms with Crippen molar-refractivity contribution in [1.29, 1.82) is 0 Å². The molecule has 0 bridgehead atoms. The molecule has 142 valence electrons. The number of anilines is 1. The highest BCUT2D eigenvalue weighted by Crippen LogP contribution is 2.23. The molecule has 3 heterocycles. The van der Waals surface area contributed by atoms with Gasteiger partial charge in [-0.15, -0.1) is 0 Å². The Kier molecular flexibility index (Phi) is 5.39. The molecule has 1 saturated heterocycles. The van der Waals surface area contributed by atoms with E-state index in [9.17, 15) is 17.2 Å². The van der Waals surface area contributed by atoms with Crippen LogP contribution in [0, 0.1) is 0 Å². The number of alkyl halides is 2. The maximum atomic E-state index is 12.6. The molecule has 2 aromatic heterocycles. The Morgan fingerprint density at radius 1 is 1.42 bits per heavy atom. The second kappa shape index (κ2) is 7.41. The fraction of sp³-hybridized carbons (Fsp3) is 0.500. The molecule has 0 aromatic carbocycles. The standard InChI is InChI=1S/C14H16ClF2N5O3S/c1-9-7-25-3-2-21(9)12-4-10(19-13(15)20-12)8-26(23,24)11-5-18-22(6-11)14(16)17/h4-6,9,14H,2-3,7-8H2,1H3/t9-/m0/s1. The summed E-state index contributed by atoms with van der Waals surface area (Å²) >= 11 is 5.95. The molecule has 0 saturated carbocycles. The van der Waals surface area contributed by atoms with Crippen molar-refractivity contribution in [3.8, 4) is 0 Å². The molecule has 1 aliphatic rings. The topological polar surface area (TPSA) is 90.2 Å². The molecule has 0 radical (unpaired) electrons. The Morgan fingerprint density at radius 3 is 2.85 bits per heavy atom. The van der Waals surface area contributed by atoms with E-state index in [0.717, 1.165) is 12.4 Å². The van der Waals surface area contributed by atoms with Crippen molar-refractivity contribution in [3.05, 3.63) is 29.4 Å². The fourth-order valence-corrected chi connectivity index (χ4v) is 3.98. The Morgan fingerprint density at radius 2 is 2.19 bits per heavy atom. The Bertz CT molecular complexity index is 892. The van der Waals surface area contributed by atoms with Gasteiger partial charge in [-0.2, -0.15) is 13.9 Å². The highest BCUT2D eigenvalue weighted by atomic mass is 35.5. The minimum Gasteiger partial charge on any atom is -0.377 e. The molecule has 2 aromatic rings. The lowest BCUT2D eigenvalue weighted by molar-refractivity contribution is 0.0564. The summed E-state index contributed by atoms with van der Waals surface area (Å²) in [7, 11) is -3.91. The number of hydrogen-bond donors (Lipinski definition) is 0. The zero-order valence-corrected chi connectivity index (χ0v) is 15.3. The van der Waals surface area contributed by atoms with E-state index in [2.05, 4.69) is 15.1 Å². The number of rotatable bonds is 5. The third kappa shape index (κ3) is 4.10. The lowest BCUT2D eigenvalue weighted by Crippen LogP contribution is -2.44. The first-order valence-electron chi connectivity index (χ1n) is 7.69. The van der Waals surface area contributed by atoms with Crippen molar-refractivity contribution in [2.75, 3.05) is 24.7 Å². The number of morpholine rings is 1. The summed E-state index contributed by atoms with van der Waals surface area (Å²) in [5.41, 5.74) is 0.170. The average molecular weight is 408 g/mol. The van der Waals surface area contributed by atoms with Gasteiger partial charge >= 0.3 is 6.55 Å². The molecule has 0 aliphatic carbocycles. The average Bonchev–Trinajstić information content (AvgIpc) is 3.05. The van der Waals surface area contributed by atoms with Crippen LogP contribution in [0.25, 0.3) is 0 Å². The lowest BCUT2D eigenvalue weighted by Gasteiger charge is -2.34. The second-order valence-corrected chi connectivity index (χ2v) is 8.12. The molecule has 3 rings (SSSR count). The number of sulfone groups is 1. The molecule has 0 N–H and O–H groups in total. The summed E-state index contributed by atoms with van der Waals surface area (Å²) in [6.45, 7) is 0.655. The maximum absolute atomic E-state index is 12.6. The largest absolute Gasteiger partial charge is 0.377 e. The first-order chi connectivity index (χ1) is 12.3. The van der Waals surface area contributed by atoms with Gasteiger partial charge in [-0.05, 0) is 18.5 Å². The van der Waals surface area contributed by atoms with Crippen LogP contribution in [0.4, 0.5) is 14.6 Å². The summed E-state index contributed by atoms with van der Waals surface area (Å²) < 4.78 is 55.8. The van der Waals surface area contributed by atoms with Crippen LogP contribution in [0.3, 0.4) is 0 Å². The van der Waals surface area contributed by atoms with Crippen molar-refractivity contribution in [1.82, 2.24) is 19.7 Å². The Balaban J connectivity index is 1.86. The van der Waals surface area contributed by atoms with E-state index in [1.807, 2.05) is 11.8 Å². The van der Waals surface area contributed by atoms with E-state index < -0.39 is 22.1 Å².